The molecular weight excluding hydrogens is 329 g/mol. The van der Waals surface area contributed by atoms with E-state index in [1.807, 2.05) is 0 Å². The van der Waals surface area contributed by atoms with Gasteiger partial charge in [0.1, 0.15) is 5.69 Å². The molecule has 1 heterocycles. The van der Waals surface area contributed by atoms with E-state index in [1.165, 1.54) is 30.0 Å². The quantitative estimate of drug-likeness (QED) is 0.906. The van der Waals surface area contributed by atoms with E-state index < -0.39 is 5.91 Å². The van der Waals surface area contributed by atoms with E-state index in [0.717, 1.165) is 0 Å². The van der Waals surface area contributed by atoms with Crippen molar-refractivity contribution in [3.05, 3.63) is 56.4 Å². The number of carbonyl (C=O) groups is 1. The van der Waals surface area contributed by atoms with Crippen molar-refractivity contribution in [3.8, 4) is 0 Å². The second-order valence-electron chi connectivity index (χ2n) is 4.36. The van der Waals surface area contributed by atoms with Gasteiger partial charge in [0.2, 0.25) is 0 Å². The number of methoxy groups -OCH3 is 1. The first kappa shape index (κ1) is 16.5. The number of ether oxygens (including phenoxy) is 1. The number of hydrogen-bond donors (Lipinski definition) is 1. The largest absolute Gasteiger partial charge is 0.383 e. The Morgan fingerprint density at radius 3 is 2.73 bits per heavy atom. The number of halogens is 2. The second kappa shape index (κ2) is 7.40. The van der Waals surface area contributed by atoms with Crippen molar-refractivity contribution in [1.29, 1.82) is 0 Å². The van der Waals surface area contributed by atoms with Crippen LogP contribution in [0.4, 0.5) is 5.69 Å². The van der Waals surface area contributed by atoms with Crippen molar-refractivity contribution < 1.29 is 9.53 Å². The fourth-order valence-electron chi connectivity index (χ4n) is 1.68. The lowest BCUT2D eigenvalue weighted by Crippen LogP contribution is -2.27. The van der Waals surface area contributed by atoms with E-state index in [1.54, 1.807) is 12.1 Å². The van der Waals surface area contributed by atoms with E-state index in [2.05, 4.69) is 10.4 Å². The van der Waals surface area contributed by atoms with Crippen molar-refractivity contribution in [2.24, 2.45) is 0 Å². The summed E-state index contributed by atoms with van der Waals surface area (Å²) in [5, 5.41) is 7.36. The van der Waals surface area contributed by atoms with E-state index >= 15 is 0 Å². The number of aromatic nitrogens is 2. The Labute approximate surface area is 136 Å². The lowest BCUT2D eigenvalue weighted by Gasteiger charge is -2.08. The lowest BCUT2D eigenvalue weighted by atomic mass is 10.3. The maximum Gasteiger partial charge on any atom is 0.276 e. The van der Waals surface area contributed by atoms with E-state index in [-0.39, 0.29) is 17.8 Å². The van der Waals surface area contributed by atoms with Crippen molar-refractivity contribution in [3.63, 3.8) is 0 Å². The molecule has 0 aliphatic heterocycles. The first-order valence-electron chi connectivity index (χ1n) is 6.35. The maximum absolute atomic E-state index is 12.2. The molecule has 0 saturated carbocycles. The third-order valence-electron chi connectivity index (χ3n) is 2.78. The van der Waals surface area contributed by atoms with Gasteiger partial charge in [-0.15, -0.1) is 0 Å². The standard InChI is InChI=1S/C14H13Cl2N3O3/c1-22-7-6-19-13(20)5-4-12(18-19)14(21)17-9-2-3-10(15)11(16)8-9/h2-5,8H,6-7H2,1H3,(H,17,21). The van der Waals surface area contributed by atoms with Gasteiger partial charge in [0.15, 0.2) is 0 Å². The van der Waals surface area contributed by atoms with Gasteiger partial charge in [-0.05, 0) is 24.3 Å². The Hall–Kier alpha value is -1.89. The van der Waals surface area contributed by atoms with Gasteiger partial charge in [-0.2, -0.15) is 5.10 Å². The molecule has 6 nitrogen and oxygen atoms in total. The summed E-state index contributed by atoms with van der Waals surface area (Å²) in [5.41, 5.74) is 0.292. The SMILES string of the molecule is COCCn1nc(C(=O)Nc2ccc(Cl)c(Cl)c2)ccc1=O. The lowest BCUT2D eigenvalue weighted by molar-refractivity contribution is 0.101. The Balaban J connectivity index is 2.18. The van der Waals surface area contributed by atoms with Gasteiger partial charge in [0.05, 0.1) is 23.2 Å². The molecule has 116 valence electrons. The van der Waals surface area contributed by atoms with Crippen LogP contribution in [-0.2, 0) is 11.3 Å². The van der Waals surface area contributed by atoms with E-state index in [0.29, 0.717) is 22.3 Å². The summed E-state index contributed by atoms with van der Waals surface area (Å²) < 4.78 is 6.07. The van der Waals surface area contributed by atoms with Crippen LogP contribution in [0.15, 0.2) is 35.1 Å². The highest BCUT2D eigenvalue weighted by Crippen LogP contribution is 2.25. The number of amides is 1. The van der Waals surface area contributed by atoms with Gasteiger partial charge in [0.25, 0.3) is 11.5 Å². The minimum Gasteiger partial charge on any atom is -0.383 e. The van der Waals surface area contributed by atoms with Crippen molar-refractivity contribution >= 4 is 34.8 Å². The summed E-state index contributed by atoms with van der Waals surface area (Å²) in [5.74, 6) is -0.454. The van der Waals surface area contributed by atoms with Crippen molar-refractivity contribution in [2.45, 2.75) is 6.54 Å². The van der Waals surface area contributed by atoms with Gasteiger partial charge in [-0.25, -0.2) is 4.68 Å². The molecule has 1 amide bonds. The summed E-state index contributed by atoms with van der Waals surface area (Å²) in [6, 6.07) is 7.37. The van der Waals surface area contributed by atoms with Crippen LogP contribution < -0.4 is 10.9 Å². The number of carbonyl (C=O) groups excluding carboxylic acids is 1. The number of anilines is 1. The molecule has 0 fully saturated rings. The Bertz CT molecular complexity index is 746. The molecule has 1 N–H and O–H groups in total. The average Bonchev–Trinajstić information content (AvgIpc) is 2.50. The molecule has 0 saturated heterocycles. The van der Waals surface area contributed by atoms with Gasteiger partial charge < -0.3 is 10.1 Å². The van der Waals surface area contributed by atoms with Crippen molar-refractivity contribution in [2.75, 3.05) is 19.0 Å². The van der Waals surface area contributed by atoms with Gasteiger partial charge >= 0.3 is 0 Å². The highest BCUT2D eigenvalue weighted by Gasteiger charge is 2.11. The number of nitrogens with zero attached hydrogens (tertiary/aromatic N) is 2. The number of nitrogens with one attached hydrogen (secondary N) is 1. The van der Waals surface area contributed by atoms with Gasteiger partial charge in [-0.1, -0.05) is 23.2 Å². The maximum atomic E-state index is 12.2. The van der Waals surface area contributed by atoms with E-state index in [9.17, 15) is 9.59 Å². The minimum atomic E-state index is -0.454. The van der Waals surface area contributed by atoms with Crippen LogP contribution >= 0.6 is 23.2 Å². The first-order valence-corrected chi connectivity index (χ1v) is 7.10. The van der Waals surface area contributed by atoms with Crippen LogP contribution in [0.25, 0.3) is 0 Å². The molecule has 0 radical (unpaired) electrons. The molecule has 1 aromatic carbocycles. The summed E-state index contributed by atoms with van der Waals surface area (Å²) in [6.07, 6.45) is 0. The molecule has 0 atom stereocenters. The smallest absolute Gasteiger partial charge is 0.276 e. The molecule has 0 aliphatic carbocycles. The minimum absolute atomic E-state index is 0.113. The number of benzene rings is 1. The fraction of sp³-hybridized carbons (Fsp3) is 0.214. The van der Waals surface area contributed by atoms with Crippen LogP contribution in [0.1, 0.15) is 10.5 Å². The van der Waals surface area contributed by atoms with Crippen LogP contribution in [0.5, 0.6) is 0 Å². The Morgan fingerprint density at radius 2 is 2.05 bits per heavy atom. The molecule has 0 unspecified atom stereocenters. The third-order valence-corrected chi connectivity index (χ3v) is 3.52. The Kier molecular flexibility index (Phi) is 5.54. The van der Waals surface area contributed by atoms with Crippen LogP contribution in [0.2, 0.25) is 10.0 Å². The molecule has 8 heteroatoms. The highest BCUT2D eigenvalue weighted by atomic mass is 35.5. The molecule has 1 aromatic heterocycles. The zero-order chi connectivity index (χ0) is 16.1. The molecule has 0 bridgehead atoms. The predicted molar refractivity (Wildman–Crippen MR) is 84.8 cm³/mol. The van der Waals surface area contributed by atoms with E-state index in [4.69, 9.17) is 27.9 Å². The third kappa shape index (κ3) is 4.07. The normalized spacial score (nSPS) is 10.5. The van der Waals surface area contributed by atoms with Gasteiger partial charge in [0, 0.05) is 18.9 Å². The molecule has 2 aromatic rings. The van der Waals surface area contributed by atoms with Crippen molar-refractivity contribution in [1.82, 2.24) is 9.78 Å². The Morgan fingerprint density at radius 1 is 1.27 bits per heavy atom. The molecule has 22 heavy (non-hydrogen) atoms. The number of rotatable bonds is 5. The molecule has 0 aliphatic rings. The average molecular weight is 342 g/mol. The highest BCUT2D eigenvalue weighted by molar-refractivity contribution is 6.42. The fourth-order valence-corrected chi connectivity index (χ4v) is 1.98. The molecular formula is C14H13Cl2N3O3. The molecule has 0 spiro atoms. The first-order chi connectivity index (χ1) is 10.5. The number of hydrogen-bond acceptors (Lipinski definition) is 4. The second-order valence-corrected chi connectivity index (χ2v) is 5.17. The van der Waals surface area contributed by atoms with Gasteiger partial charge in [-0.3, -0.25) is 9.59 Å². The van der Waals surface area contributed by atoms with Crippen LogP contribution in [0, 0.1) is 0 Å². The predicted octanol–water partition coefficient (Wildman–Crippen LogP) is 2.45. The monoisotopic (exact) mass is 341 g/mol. The summed E-state index contributed by atoms with van der Waals surface area (Å²) in [6.45, 7) is 0.591. The summed E-state index contributed by atoms with van der Waals surface area (Å²) >= 11 is 11.7. The topological polar surface area (TPSA) is 73.2 Å². The summed E-state index contributed by atoms with van der Waals surface area (Å²) in [4.78, 5) is 23.8. The van der Waals surface area contributed by atoms with Crippen LogP contribution in [0.3, 0.4) is 0 Å². The molecule has 2 rings (SSSR count). The van der Waals surface area contributed by atoms with Crippen LogP contribution in [-0.4, -0.2) is 29.4 Å². The zero-order valence-electron chi connectivity index (χ0n) is 11.7. The zero-order valence-corrected chi connectivity index (χ0v) is 13.2. The summed E-state index contributed by atoms with van der Waals surface area (Å²) in [7, 11) is 1.52.